The van der Waals surface area contributed by atoms with E-state index in [-0.39, 0.29) is 6.03 Å². The Morgan fingerprint density at radius 3 is 2.96 bits per heavy atom. The number of imidazole rings is 1. The summed E-state index contributed by atoms with van der Waals surface area (Å²) in [5, 5.41) is 6.03. The number of fused-ring (bicyclic) bond motifs is 1. The molecule has 124 valence electrons. The van der Waals surface area contributed by atoms with E-state index in [1.165, 1.54) is 19.3 Å². The molecule has 6 nitrogen and oxygen atoms in total. The number of amides is 2. The number of pyridine rings is 1. The molecule has 2 amide bonds. The van der Waals surface area contributed by atoms with Crippen LogP contribution >= 0.6 is 0 Å². The van der Waals surface area contributed by atoms with Crippen LogP contribution in [0.4, 0.5) is 4.79 Å². The predicted octanol–water partition coefficient (Wildman–Crippen LogP) is 2.63. The summed E-state index contributed by atoms with van der Waals surface area (Å²) in [6.07, 6.45) is 8.57. The Balaban J connectivity index is 1.55. The van der Waals surface area contributed by atoms with E-state index in [0.717, 1.165) is 36.3 Å². The molecule has 3 rings (SSSR count). The van der Waals surface area contributed by atoms with E-state index >= 15 is 0 Å². The molecule has 1 fully saturated rings. The van der Waals surface area contributed by atoms with Gasteiger partial charge in [-0.25, -0.2) is 14.8 Å². The molecule has 0 atom stereocenters. The lowest BCUT2D eigenvalue weighted by atomic mass is 9.96. The van der Waals surface area contributed by atoms with Crippen molar-refractivity contribution < 1.29 is 4.79 Å². The number of hydrogen-bond donors (Lipinski definition) is 2. The first kappa shape index (κ1) is 15.8. The first-order valence-electron chi connectivity index (χ1n) is 8.62. The van der Waals surface area contributed by atoms with E-state index in [4.69, 9.17) is 0 Å². The first-order valence-corrected chi connectivity index (χ1v) is 8.62. The van der Waals surface area contributed by atoms with Crippen LogP contribution in [0, 0.1) is 0 Å². The van der Waals surface area contributed by atoms with Gasteiger partial charge in [-0.15, -0.1) is 0 Å². The van der Waals surface area contributed by atoms with Gasteiger partial charge in [-0.3, -0.25) is 0 Å². The lowest BCUT2D eigenvalue weighted by Gasteiger charge is -2.22. The van der Waals surface area contributed by atoms with Gasteiger partial charge in [0.05, 0.1) is 0 Å². The molecule has 6 heteroatoms. The zero-order valence-corrected chi connectivity index (χ0v) is 13.7. The topological polar surface area (TPSA) is 71.8 Å². The molecular formula is C17H25N5O. The molecule has 0 aromatic carbocycles. The van der Waals surface area contributed by atoms with Crippen molar-refractivity contribution in [3.63, 3.8) is 0 Å². The van der Waals surface area contributed by atoms with E-state index < -0.39 is 0 Å². The largest absolute Gasteiger partial charge is 0.336 e. The average Bonchev–Trinajstić information content (AvgIpc) is 2.94. The van der Waals surface area contributed by atoms with Crippen LogP contribution in [0.15, 0.2) is 18.3 Å². The summed E-state index contributed by atoms with van der Waals surface area (Å²) in [4.78, 5) is 21.0. The molecular weight excluding hydrogens is 290 g/mol. The van der Waals surface area contributed by atoms with Gasteiger partial charge in [-0.1, -0.05) is 26.2 Å². The Labute approximate surface area is 136 Å². The van der Waals surface area contributed by atoms with Crippen LogP contribution in [0.3, 0.4) is 0 Å². The lowest BCUT2D eigenvalue weighted by molar-refractivity contribution is 0.232. The molecule has 2 N–H and O–H groups in total. The minimum atomic E-state index is -0.0627. The SMILES string of the molecule is CCc1nc2cccnc2n1CCNC(=O)NC1CCCCC1. The van der Waals surface area contributed by atoms with Crippen molar-refractivity contribution in [1.29, 1.82) is 0 Å². The Hall–Kier alpha value is -2.11. The third kappa shape index (κ3) is 3.81. The normalized spacial score (nSPS) is 15.7. The highest BCUT2D eigenvalue weighted by Crippen LogP contribution is 2.17. The van der Waals surface area contributed by atoms with E-state index in [0.29, 0.717) is 19.1 Å². The van der Waals surface area contributed by atoms with Crippen molar-refractivity contribution in [2.75, 3.05) is 6.54 Å². The highest BCUT2D eigenvalue weighted by atomic mass is 16.2. The second-order valence-electron chi connectivity index (χ2n) is 6.11. The molecule has 0 radical (unpaired) electrons. The molecule has 0 aliphatic heterocycles. The number of nitrogens with zero attached hydrogens (tertiary/aromatic N) is 3. The summed E-state index contributed by atoms with van der Waals surface area (Å²) in [7, 11) is 0. The van der Waals surface area contributed by atoms with Crippen molar-refractivity contribution in [2.45, 2.75) is 58.0 Å². The molecule has 0 unspecified atom stereocenters. The molecule has 23 heavy (non-hydrogen) atoms. The van der Waals surface area contributed by atoms with E-state index in [9.17, 15) is 4.79 Å². The van der Waals surface area contributed by atoms with Crippen molar-refractivity contribution in [2.24, 2.45) is 0 Å². The monoisotopic (exact) mass is 315 g/mol. The second kappa shape index (κ2) is 7.44. The third-order valence-corrected chi connectivity index (χ3v) is 4.46. The number of rotatable bonds is 5. The van der Waals surface area contributed by atoms with Crippen LogP contribution in [0.2, 0.25) is 0 Å². The Morgan fingerprint density at radius 2 is 2.17 bits per heavy atom. The van der Waals surface area contributed by atoms with Crippen molar-refractivity contribution in [1.82, 2.24) is 25.2 Å². The van der Waals surface area contributed by atoms with Gasteiger partial charge < -0.3 is 15.2 Å². The number of aromatic nitrogens is 3. The molecule has 0 bridgehead atoms. The van der Waals surface area contributed by atoms with Crippen LogP contribution in [-0.4, -0.2) is 33.2 Å². The van der Waals surface area contributed by atoms with Crippen molar-refractivity contribution in [3.05, 3.63) is 24.2 Å². The van der Waals surface area contributed by atoms with Gasteiger partial charge >= 0.3 is 6.03 Å². The molecule has 0 spiro atoms. The maximum Gasteiger partial charge on any atom is 0.315 e. The Bertz CT molecular complexity index is 660. The van der Waals surface area contributed by atoms with E-state index in [1.807, 2.05) is 12.1 Å². The molecule has 1 aliphatic carbocycles. The van der Waals surface area contributed by atoms with Gasteiger partial charge in [-0.2, -0.15) is 0 Å². The van der Waals surface area contributed by atoms with Crippen LogP contribution in [0.5, 0.6) is 0 Å². The van der Waals surface area contributed by atoms with E-state index in [2.05, 4.69) is 32.1 Å². The number of carbonyl (C=O) groups is 1. The molecule has 2 aromatic rings. The maximum atomic E-state index is 12.0. The van der Waals surface area contributed by atoms with Crippen LogP contribution < -0.4 is 10.6 Å². The minimum absolute atomic E-state index is 0.0627. The molecule has 2 aromatic heterocycles. The highest BCUT2D eigenvalue weighted by Gasteiger charge is 2.15. The summed E-state index contributed by atoms with van der Waals surface area (Å²) in [5.41, 5.74) is 1.80. The maximum absolute atomic E-state index is 12.0. The minimum Gasteiger partial charge on any atom is -0.336 e. The van der Waals surface area contributed by atoms with Crippen LogP contribution in [0.1, 0.15) is 44.9 Å². The summed E-state index contributed by atoms with van der Waals surface area (Å²) < 4.78 is 2.09. The van der Waals surface area contributed by atoms with Gasteiger partial charge in [-0.05, 0) is 25.0 Å². The second-order valence-corrected chi connectivity index (χ2v) is 6.11. The van der Waals surface area contributed by atoms with Gasteiger partial charge in [0.2, 0.25) is 0 Å². The van der Waals surface area contributed by atoms with E-state index in [1.54, 1.807) is 6.20 Å². The van der Waals surface area contributed by atoms with Crippen molar-refractivity contribution >= 4 is 17.2 Å². The van der Waals surface area contributed by atoms with Gasteiger partial charge in [0.15, 0.2) is 5.65 Å². The number of hydrogen-bond acceptors (Lipinski definition) is 3. The summed E-state index contributed by atoms with van der Waals surface area (Å²) >= 11 is 0. The average molecular weight is 315 g/mol. The van der Waals surface area contributed by atoms with Gasteiger partial charge in [0.25, 0.3) is 0 Å². The Morgan fingerprint density at radius 1 is 1.35 bits per heavy atom. The predicted molar refractivity (Wildman–Crippen MR) is 90.3 cm³/mol. The highest BCUT2D eigenvalue weighted by molar-refractivity contribution is 5.74. The third-order valence-electron chi connectivity index (χ3n) is 4.46. The zero-order chi connectivity index (χ0) is 16.1. The summed E-state index contributed by atoms with van der Waals surface area (Å²) in [6, 6.07) is 4.15. The van der Waals surface area contributed by atoms with Gasteiger partial charge in [0.1, 0.15) is 11.3 Å². The van der Waals surface area contributed by atoms with Crippen LogP contribution in [-0.2, 0) is 13.0 Å². The molecule has 0 saturated heterocycles. The fraction of sp³-hybridized carbons (Fsp3) is 0.588. The first-order chi connectivity index (χ1) is 11.3. The van der Waals surface area contributed by atoms with Crippen molar-refractivity contribution in [3.8, 4) is 0 Å². The number of urea groups is 1. The van der Waals surface area contributed by atoms with Crippen LogP contribution in [0.25, 0.3) is 11.2 Å². The smallest absolute Gasteiger partial charge is 0.315 e. The number of carbonyl (C=O) groups excluding carboxylic acids is 1. The fourth-order valence-corrected chi connectivity index (χ4v) is 3.27. The molecule has 1 saturated carbocycles. The number of nitrogens with one attached hydrogen (secondary N) is 2. The lowest BCUT2D eigenvalue weighted by Crippen LogP contribution is -2.43. The fourth-order valence-electron chi connectivity index (χ4n) is 3.27. The standard InChI is InChI=1S/C17H25N5O/c1-2-15-21-14-9-6-10-18-16(14)22(15)12-11-19-17(23)20-13-7-4-3-5-8-13/h6,9-10,13H,2-5,7-8,11-12H2,1H3,(H2,19,20,23). The molecule has 2 heterocycles. The zero-order valence-electron chi connectivity index (χ0n) is 13.7. The number of aryl methyl sites for hydroxylation is 1. The molecule has 1 aliphatic rings. The summed E-state index contributed by atoms with van der Waals surface area (Å²) in [6.45, 7) is 3.35. The Kier molecular flexibility index (Phi) is 5.10. The summed E-state index contributed by atoms with van der Waals surface area (Å²) in [5.74, 6) is 1.01. The quantitative estimate of drug-likeness (QED) is 0.891. The van der Waals surface area contributed by atoms with Gasteiger partial charge in [0, 0.05) is 31.7 Å².